The fourth-order valence-electron chi connectivity index (χ4n) is 2.81. The Balaban J connectivity index is 1.43. The largest absolute Gasteiger partial charge is 0.342 e. The van der Waals surface area contributed by atoms with Crippen LogP contribution in [-0.4, -0.2) is 46.3 Å². The van der Waals surface area contributed by atoms with Crippen LogP contribution >= 0.6 is 23.1 Å². The zero-order valence-electron chi connectivity index (χ0n) is 14.9. The average molecular weight is 390 g/mol. The first-order chi connectivity index (χ1) is 12.6. The number of aromatic nitrogens is 1. The Kier molecular flexibility index (Phi) is 6.68. The highest BCUT2D eigenvalue weighted by Crippen LogP contribution is 2.25. The highest BCUT2D eigenvalue weighted by molar-refractivity contribution is 8.00. The van der Waals surface area contributed by atoms with Crippen molar-refractivity contribution in [3.63, 3.8) is 0 Å². The van der Waals surface area contributed by atoms with Gasteiger partial charge in [0.15, 0.2) is 5.13 Å². The third-order valence-corrected chi connectivity index (χ3v) is 5.94. The van der Waals surface area contributed by atoms with Gasteiger partial charge in [0.2, 0.25) is 11.8 Å². The van der Waals surface area contributed by atoms with E-state index in [9.17, 15) is 9.59 Å². The summed E-state index contributed by atoms with van der Waals surface area (Å²) in [6.45, 7) is 3.75. The molecule has 1 N–H and O–H groups in total. The molecule has 1 aromatic heterocycles. The van der Waals surface area contributed by atoms with Gasteiger partial charge in [-0.25, -0.2) is 4.98 Å². The molecule has 0 radical (unpaired) electrons. The van der Waals surface area contributed by atoms with E-state index in [2.05, 4.69) is 10.3 Å². The molecule has 1 aliphatic rings. The zero-order chi connectivity index (χ0) is 18.4. The van der Waals surface area contributed by atoms with Crippen LogP contribution in [0.3, 0.4) is 0 Å². The predicted molar refractivity (Wildman–Crippen MR) is 109 cm³/mol. The van der Waals surface area contributed by atoms with Gasteiger partial charge in [-0.15, -0.1) is 23.1 Å². The standard InChI is InChI=1S/C19H23N3O2S2/c1-14-5-7-15(8-6-14)16-11-26-19(20-16)21-17(23)12-25-13-18(24)22-9-3-2-4-10-22/h5-8,11H,2-4,9-10,12-13H2,1H3,(H,20,21,23). The molecule has 0 spiro atoms. The van der Waals surface area contributed by atoms with Crippen LogP contribution in [0.5, 0.6) is 0 Å². The topological polar surface area (TPSA) is 62.3 Å². The van der Waals surface area contributed by atoms with E-state index < -0.39 is 0 Å². The van der Waals surface area contributed by atoms with Crippen molar-refractivity contribution >= 4 is 40.0 Å². The van der Waals surface area contributed by atoms with E-state index in [1.807, 2.05) is 41.5 Å². The molecule has 2 aromatic rings. The molecular weight excluding hydrogens is 366 g/mol. The van der Waals surface area contributed by atoms with E-state index >= 15 is 0 Å². The summed E-state index contributed by atoms with van der Waals surface area (Å²) < 4.78 is 0. The third-order valence-electron chi connectivity index (χ3n) is 4.27. The number of amides is 2. The van der Waals surface area contributed by atoms with Crippen LogP contribution in [0.4, 0.5) is 5.13 Å². The maximum atomic E-state index is 12.1. The molecule has 0 bridgehead atoms. The van der Waals surface area contributed by atoms with E-state index in [1.165, 1.54) is 35.1 Å². The number of hydrogen-bond donors (Lipinski definition) is 1. The lowest BCUT2D eigenvalue weighted by molar-refractivity contribution is -0.129. The smallest absolute Gasteiger partial charge is 0.236 e. The minimum absolute atomic E-state index is 0.119. The van der Waals surface area contributed by atoms with Crippen molar-refractivity contribution in [1.82, 2.24) is 9.88 Å². The predicted octanol–water partition coefficient (Wildman–Crippen LogP) is 3.80. The number of thioether (sulfide) groups is 1. The summed E-state index contributed by atoms with van der Waals surface area (Å²) in [6.07, 6.45) is 3.38. The molecule has 1 aliphatic heterocycles. The fraction of sp³-hybridized carbons (Fsp3) is 0.421. The molecule has 1 saturated heterocycles. The number of carbonyl (C=O) groups excluding carboxylic acids is 2. The summed E-state index contributed by atoms with van der Waals surface area (Å²) in [5, 5.41) is 5.35. The van der Waals surface area contributed by atoms with Crippen molar-refractivity contribution in [3.8, 4) is 11.3 Å². The molecule has 1 aromatic carbocycles. The van der Waals surface area contributed by atoms with Gasteiger partial charge in [-0.3, -0.25) is 9.59 Å². The lowest BCUT2D eigenvalue weighted by atomic mass is 10.1. The summed E-state index contributed by atoms with van der Waals surface area (Å²) in [5.41, 5.74) is 3.10. The molecule has 3 rings (SSSR count). The van der Waals surface area contributed by atoms with E-state index in [4.69, 9.17) is 0 Å². The number of benzene rings is 1. The van der Waals surface area contributed by atoms with Crippen molar-refractivity contribution in [2.24, 2.45) is 0 Å². The van der Waals surface area contributed by atoms with Crippen LogP contribution in [-0.2, 0) is 9.59 Å². The number of carbonyl (C=O) groups is 2. The van der Waals surface area contributed by atoms with Crippen molar-refractivity contribution in [2.75, 3.05) is 29.9 Å². The van der Waals surface area contributed by atoms with Crippen molar-refractivity contribution in [2.45, 2.75) is 26.2 Å². The minimum Gasteiger partial charge on any atom is -0.342 e. The van der Waals surface area contributed by atoms with Crippen LogP contribution < -0.4 is 5.32 Å². The molecule has 2 amide bonds. The molecule has 138 valence electrons. The Labute approximate surface area is 162 Å². The van der Waals surface area contributed by atoms with Gasteiger partial charge in [0.1, 0.15) is 0 Å². The van der Waals surface area contributed by atoms with Gasteiger partial charge in [0.05, 0.1) is 17.2 Å². The molecule has 0 atom stereocenters. The summed E-state index contributed by atoms with van der Waals surface area (Å²) in [5.74, 6) is 0.642. The number of hydrogen-bond acceptors (Lipinski definition) is 5. The maximum absolute atomic E-state index is 12.1. The Morgan fingerprint density at radius 3 is 2.62 bits per heavy atom. The van der Waals surface area contributed by atoms with Crippen LogP contribution in [0.1, 0.15) is 24.8 Å². The molecule has 1 fully saturated rings. The number of thiazole rings is 1. The number of nitrogens with one attached hydrogen (secondary N) is 1. The van der Waals surface area contributed by atoms with Crippen LogP contribution in [0.15, 0.2) is 29.6 Å². The second-order valence-electron chi connectivity index (χ2n) is 6.39. The Hall–Kier alpha value is -1.86. The SMILES string of the molecule is Cc1ccc(-c2csc(NC(=O)CSCC(=O)N3CCCCC3)n2)cc1. The highest BCUT2D eigenvalue weighted by atomic mass is 32.2. The van der Waals surface area contributed by atoms with Crippen LogP contribution in [0.2, 0.25) is 0 Å². The maximum Gasteiger partial charge on any atom is 0.236 e. The summed E-state index contributed by atoms with van der Waals surface area (Å²) in [7, 11) is 0. The molecule has 26 heavy (non-hydrogen) atoms. The van der Waals surface area contributed by atoms with Gasteiger partial charge in [0, 0.05) is 24.0 Å². The molecular formula is C19H23N3O2S2. The summed E-state index contributed by atoms with van der Waals surface area (Å²) >= 11 is 2.77. The fourth-order valence-corrected chi connectivity index (χ4v) is 4.26. The molecule has 0 saturated carbocycles. The van der Waals surface area contributed by atoms with Gasteiger partial charge in [-0.05, 0) is 26.2 Å². The summed E-state index contributed by atoms with van der Waals surface area (Å²) in [4.78, 5) is 30.5. The van der Waals surface area contributed by atoms with Crippen LogP contribution in [0, 0.1) is 6.92 Å². The lowest BCUT2D eigenvalue weighted by Gasteiger charge is -2.26. The number of nitrogens with zero attached hydrogens (tertiary/aromatic N) is 2. The number of likely N-dealkylation sites (tertiary alicyclic amines) is 1. The summed E-state index contributed by atoms with van der Waals surface area (Å²) in [6, 6.07) is 8.14. The first-order valence-corrected chi connectivity index (χ1v) is 10.8. The Morgan fingerprint density at radius 1 is 1.15 bits per heavy atom. The molecule has 0 aliphatic carbocycles. The number of rotatable bonds is 6. The zero-order valence-corrected chi connectivity index (χ0v) is 16.5. The van der Waals surface area contributed by atoms with E-state index in [1.54, 1.807) is 0 Å². The van der Waals surface area contributed by atoms with Gasteiger partial charge < -0.3 is 10.2 Å². The lowest BCUT2D eigenvalue weighted by Crippen LogP contribution is -2.37. The monoisotopic (exact) mass is 389 g/mol. The Bertz CT molecular complexity index is 752. The molecule has 2 heterocycles. The van der Waals surface area contributed by atoms with Gasteiger partial charge in [0.25, 0.3) is 0 Å². The van der Waals surface area contributed by atoms with Gasteiger partial charge >= 0.3 is 0 Å². The van der Waals surface area contributed by atoms with E-state index in [-0.39, 0.29) is 17.6 Å². The molecule has 5 nitrogen and oxygen atoms in total. The Morgan fingerprint density at radius 2 is 1.88 bits per heavy atom. The van der Waals surface area contributed by atoms with Gasteiger partial charge in [-0.1, -0.05) is 29.8 Å². The average Bonchev–Trinajstić information content (AvgIpc) is 3.11. The first kappa shape index (κ1) is 18.9. The van der Waals surface area contributed by atoms with Crippen molar-refractivity contribution in [3.05, 3.63) is 35.2 Å². The second-order valence-corrected chi connectivity index (χ2v) is 8.23. The van der Waals surface area contributed by atoms with Crippen molar-refractivity contribution < 1.29 is 9.59 Å². The third kappa shape index (κ3) is 5.32. The van der Waals surface area contributed by atoms with Crippen molar-refractivity contribution in [1.29, 1.82) is 0 Å². The van der Waals surface area contributed by atoms with E-state index in [0.717, 1.165) is 37.2 Å². The number of piperidine rings is 1. The number of anilines is 1. The quantitative estimate of drug-likeness (QED) is 0.816. The second kappa shape index (κ2) is 9.19. The highest BCUT2D eigenvalue weighted by Gasteiger charge is 2.17. The van der Waals surface area contributed by atoms with Gasteiger partial charge in [-0.2, -0.15) is 0 Å². The normalized spacial score (nSPS) is 14.3. The molecule has 7 heteroatoms. The van der Waals surface area contributed by atoms with Crippen LogP contribution in [0.25, 0.3) is 11.3 Å². The minimum atomic E-state index is -0.119. The molecule has 0 unspecified atom stereocenters. The van der Waals surface area contributed by atoms with E-state index in [0.29, 0.717) is 10.9 Å². The first-order valence-electron chi connectivity index (χ1n) is 8.80. The number of aryl methyl sites for hydroxylation is 1.